The standard InChI is InChI=1S/C60H74N4O4/c1-5-9-13-17-19-23-27-41(25-21-15-11-7-3)39-63-57(65)51-33-43-29-47-48(30-44(43)34-52(51)58(63)66)56(38-62)50-32-46-36-54-53(35-45(46)31-49(50)55(47)37-61)59(67)64(60(54)68)40-42(26-22-16-12-8-4)28-24-20-18-14-10-6-2/h29-36,41-42H,5-28,39-40H2,1-4H3. The SMILES string of the molecule is CCCCCCCCC(CCCCCC)CN1C(=O)c2cc3cc4c(C#N)c5cc6cc7c(cc6cc5c(C#N)c4cc3cc2C1=O)C(=O)N(CC(CCCCCC)CCCCCCCC)C7=O. The molecule has 4 amide bonds. The van der Waals surface area contributed by atoms with Crippen LogP contribution in [0, 0.1) is 34.5 Å². The third-order valence-electron chi connectivity index (χ3n) is 15.2. The van der Waals surface area contributed by atoms with Crippen molar-refractivity contribution >= 4 is 66.7 Å². The molecule has 358 valence electrons. The highest BCUT2D eigenvalue weighted by atomic mass is 16.2. The minimum absolute atomic E-state index is 0.255. The van der Waals surface area contributed by atoms with Gasteiger partial charge in [0.05, 0.1) is 33.4 Å². The second-order valence-electron chi connectivity index (χ2n) is 20.2. The Labute approximate surface area is 405 Å². The molecule has 7 rings (SSSR count). The third kappa shape index (κ3) is 11.1. The van der Waals surface area contributed by atoms with Crippen molar-refractivity contribution < 1.29 is 19.2 Å². The lowest BCUT2D eigenvalue weighted by Gasteiger charge is -2.23. The van der Waals surface area contributed by atoms with Crippen LogP contribution in [0.4, 0.5) is 0 Å². The van der Waals surface area contributed by atoms with Crippen LogP contribution in [0.5, 0.6) is 0 Å². The van der Waals surface area contributed by atoms with Crippen molar-refractivity contribution in [3.05, 3.63) is 81.9 Å². The van der Waals surface area contributed by atoms with Crippen LogP contribution in [0.1, 0.15) is 234 Å². The molecule has 2 atom stereocenters. The Balaban J connectivity index is 1.18. The molecule has 5 aromatic rings. The van der Waals surface area contributed by atoms with Crippen LogP contribution >= 0.6 is 0 Å². The van der Waals surface area contributed by atoms with Gasteiger partial charge in [-0.15, -0.1) is 0 Å². The normalized spacial score (nSPS) is 14.4. The molecule has 2 heterocycles. The molecule has 0 saturated carbocycles. The molecule has 0 radical (unpaired) electrons. The van der Waals surface area contributed by atoms with Crippen LogP contribution < -0.4 is 0 Å². The van der Waals surface area contributed by atoms with Gasteiger partial charge in [-0.3, -0.25) is 29.0 Å². The molecule has 0 N–H and O–H groups in total. The molecule has 0 aliphatic carbocycles. The summed E-state index contributed by atoms with van der Waals surface area (Å²) in [6.07, 6.45) is 27.6. The quantitative estimate of drug-likeness (QED) is 0.0280. The summed E-state index contributed by atoms with van der Waals surface area (Å²) in [6, 6.07) is 19.5. The van der Waals surface area contributed by atoms with Crippen molar-refractivity contribution in [1.29, 1.82) is 10.5 Å². The number of hydrogen-bond donors (Lipinski definition) is 0. The molecular weight excluding hydrogens is 841 g/mol. The number of fused-ring (bicyclic) bond motifs is 6. The summed E-state index contributed by atoms with van der Waals surface area (Å²) < 4.78 is 0. The summed E-state index contributed by atoms with van der Waals surface area (Å²) in [5.41, 5.74) is 2.28. The first-order chi connectivity index (χ1) is 33.2. The Hall–Kier alpha value is -5.60. The van der Waals surface area contributed by atoms with Crippen molar-refractivity contribution in [3.8, 4) is 12.1 Å². The fourth-order valence-electron chi connectivity index (χ4n) is 11.2. The molecule has 2 aliphatic heterocycles. The largest absolute Gasteiger partial charge is 0.274 e. The molecular formula is C60H74N4O4. The van der Waals surface area contributed by atoms with Gasteiger partial charge in [-0.2, -0.15) is 10.5 Å². The van der Waals surface area contributed by atoms with E-state index in [2.05, 4.69) is 39.8 Å². The van der Waals surface area contributed by atoms with Crippen LogP contribution in [0.3, 0.4) is 0 Å². The number of amides is 4. The summed E-state index contributed by atoms with van der Waals surface area (Å²) in [5.74, 6) is -0.560. The lowest BCUT2D eigenvalue weighted by molar-refractivity contribution is 0.0607. The average molecular weight is 915 g/mol. The Kier molecular flexibility index (Phi) is 17.8. The zero-order valence-corrected chi connectivity index (χ0v) is 41.6. The molecule has 5 aromatic carbocycles. The van der Waals surface area contributed by atoms with E-state index in [-0.39, 0.29) is 35.5 Å². The summed E-state index contributed by atoms with van der Waals surface area (Å²) in [4.78, 5) is 59.3. The number of unbranched alkanes of at least 4 members (excludes halogenated alkanes) is 16. The lowest BCUT2D eigenvalue weighted by Crippen LogP contribution is -2.34. The number of nitriles is 2. The minimum atomic E-state index is -0.267. The number of carbonyl (C=O) groups excluding carboxylic acids is 4. The van der Waals surface area contributed by atoms with Crippen molar-refractivity contribution in [2.24, 2.45) is 11.8 Å². The van der Waals surface area contributed by atoms with E-state index < -0.39 is 0 Å². The van der Waals surface area contributed by atoms with Gasteiger partial charge in [-0.1, -0.05) is 156 Å². The van der Waals surface area contributed by atoms with E-state index >= 15 is 0 Å². The van der Waals surface area contributed by atoms with Gasteiger partial charge in [0.15, 0.2) is 0 Å². The van der Waals surface area contributed by atoms with E-state index in [1.54, 1.807) is 24.3 Å². The van der Waals surface area contributed by atoms with E-state index in [0.717, 1.165) is 77.0 Å². The van der Waals surface area contributed by atoms with Gasteiger partial charge in [0.1, 0.15) is 12.1 Å². The average Bonchev–Trinajstić information content (AvgIpc) is 3.70. The van der Waals surface area contributed by atoms with Gasteiger partial charge in [0, 0.05) is 34.6 Å². The van der Waals surface area contributed by atoms with E-state index in [9.17, 15) is 29.7 Å². The third-order valence-corrected chi connectivity index (χ3v) is 15.2. The maximum atomic E-state index is 14.1. The van der Waals surface area contributed by atoms with Crippen LogP contribution in [0.2, 0.25) is 0 Å². The second-order valence-corrected chi connectivity index (χ2v) is 20.2. The summed E-state index contributed by atoms with van der Waals surface area (Å²) in [7, 11) is 0. The first-order valence-electron chi connectivity index (χ1n) is 26.7. The van der Waals surface area contributed by atoms with Gasteiger partial charge in [0.25, 0.3) is 23.6 Å². The number of benzene rings is 5. The monoisotopic (exact) mass is 915 g/mol. The van der Waals surface area contributed by atoms with Gasteiger partial charge >= 0.3 is 0 Å². The van der Waals surface area contributed by atoms with E-state index in [1.807, 2.05) is 24.3 Å². The van der Waals surface area contributed by atoms with Crippen molar-refractivity contribution in [1.82, 2.24) is 9.80 Å². The topological polar surface area (TPSA) is 122 Å². The number of nitrogens with zero attached hydrogens (tertiary/aromatic N) is 4. The van der Waals surface area contributed by atoms with Gasteiger partial charge in [0.2, 0.25) is 0 Å². The van der Waals surface area contributed by atoms with Gasteiger partial charge in [-0.05, 0) is 108 Å². The highest BCUT2D eigenvalue weighted by Crippen LogP contribution is 2.40. The summed E-state index contributed by atoms with van der Waals surface area (Å²) in [6.45, 7) is 9.70. The molecule has 0 bridgehead atoms. The van der Waals surface area contributed by atoms with Crippen LogP contribution in [0.25, 0.3) is 43.1 Å². The molecule has 8 nitrogen and oxygen atoms in total. The fraction of sp³-hybridized carbons (Fsp3) is 0.533. The molecule has 8 heteroatoms. The Morgan fingerprint density at radius 2 is 0.603 bits per heavy atom. The maximum Gasteiger partial charge on any atom is 0.261 e. The predicted molar refractivity (Wildman–Crippen MR) is 277 cm³/mol. The molecule has 68 heavy (non-hydrogen) atoms. The second kappa shape index (κ2) is 24.1. The Morgan fingerprint density at radius 3 is 0.853 bits per heavy atom. The number of carbonyl (C=O) groups is 4. The zero-order valence-electron chi connectivity index (χ0n) is 41.6. The first kappa shape index (κ1) is 50.3. The van der Waals surface area contributed by atoms with Crippen molar-refractivity contribution in [3.63, 3.8) is 0 Å². The van der Waals surface area contributed by atoms with E-state index in [0.29, 0.717) is 89.6 Å². The van der Waals surface area contributed by atoms with E-state index in [4.69, 9.17) is 0 Å². The fourth-order valence-corrected chi connectivity index (χ4v) is 11.2. The van der Waals surface area contributed by atoms with Crippen molar-refractivity contribution in [2.75, 3.05) is 13.1 Å². The summed E-state index contributed by atoms with van der Waals surface area (Å²) in [5, 5.41) is 26.8. The van der Waals surface area contributed by atoms with Crippen LogP contribution in [0.15, 0.2) is 48.5 Å². The molecule has 0 spiro atoms. The highest BCUT2D eigenvalue weighted by Gasteiger charge is 2.38. The van der Waals surface area contributed by atoms with Gasteiger partial charge in [-0.25, -0.2) is 0 Å². The van der Waals surface area contributed by atoms with Crippen LogP contribution in [-0.2, 0) is 0 Å². The first-order valence-corrected chi connectivity index (χ1v) is 26.7. The highest BCUT2D eigenvalue weighted by molar-refractivity contribution is 6.25. The zero-order chi connectivity index (χ0) is 48.2. The predicted octanol–water partition coefficient (Wildman–Crippen LogP) is 15.9. The summed E-state index contributed by atoms with van der Waals surface area (Å²) >= 11 is 0. The van der Waals surface area contributed by atoms with Crippen LogP contribution in [-0.4, -0.2) is 46.5 Å². The van der Waals surface area contributed by atoms with Crippen molar-refractivity contribution in [2.45, 2.75) is 182 Å². The molecule has 0 saturated heterocycles. The Morgan fingerprint density at radius 1 is 0.368 bits per heavy atom. The smallest absolute Gasteiger partial charge is 0.261 e. The minimum Gasteiger partial charge on any atom is -0.274 e. The number of hydrogen-bond acceptors (Lipinski definition) is 6. The number of rotatable bonds is 28. The molecule has 2 unspecified atom stereocenters. The lowest BCUT2D eigenvalue weighted by atomic mass is 9.88. The molecule has 0 aromatic heterocycles. The number of imide groups is 2. The Bertz CT molecular complexity index is 2420. The maximum absolute atomic E-state index is 14.1. The van der Waals surface area contributed by atoms with Gasteiger partial charge < -0.3 is 0 Å². The van der Waals surface area contributed by atoms with E-state index in [1.165, 1.54) is 86.8 Å². The molecule has 0 fully saturated rings. The molecule has 2 aliphatic rings.